The molecule has 0 aliphatic heterocycles. The standard InChI is InChI=1S/C28H42N2O2SSi/c1-26(2,3)33(31)30-25(28(7,8)22-29)20-15-21-32-34(27(4,5)6,23-16-11-9-12-17-23)24-18-13-10-14-19-24/h9-14,16-19,25,30H,15,20-21H2,1-8H3/t25-,33?/m1/s1. The number of rotatable bonds is 10. The lowest BCUT2D eigenvalue weighted by Crippen LogP contribution is -2.66. The smallest absolute Gasteiger partial charge is 0.261 e. The van der Waals surface area contributed by atoms with Gasteiger partial charge >= 0.3 is 0 Å². The third-order valence-electron chi connectivity index (χ3n) is 6.34. The predicted molar refractivity (Wildman–Crippen MR) is 147 cm³/mol. The van der Waals surface area contributed by atoms with Crippen LogP contribution in [0.4, 0.5) is 0 Å². The Hall–Kier alpha value is -1.78. The van der Waals surface area contributed by atoms with Crippen LogP contribution in [0.25, 0.3) is 0 Å². The van der Waals surface area contributed by atoms with E-state index in [9.17, 15) is 9.47 Å². The van der Waals surface area contributed by atoms with E-state index in [1.807, 2.05) is 46.8 Å². The summed E-state index contributed by atoms with van der Waals surface area (Å²) in [6, 6.07) is 23.4. The summed E-state index contributed by atoms with van der Waals surface area (Å²) in [5.74, 6) is 0. The molecule has 2 aromatic rings. The van der Waals surface area contributed by atoms with Gasteiger partial charge in [0.15, 0.2) is 0 Å². The number of hydrogen-bond donors (Lipinski definition) is 1. The topological polar surface area (TPSA) is 62.1 Å². The van der Waals surface area contributed by atoms with Gasteiger partial charge in [0.05, 0.1) is 27.2 Å². The summed E-state index contributed by atoms with van der Waals surface area (Å²) in [7, 11) is -3.83. The molecule has 2 atom stereocenters. The lowest BCUT2D eigenvalue weighted by Gasteiger charge is -2.43. The maximum Gasteiger partial charge on any atom is 0.261 e. The monoisotopic (exact) mass is 498 g/mol. The molecular weight excluding hydrogens is 456 g/mol. The van der Waals surface area contributed by atoms with Gasteiger partial charge in [-0.25, -0.2) is 8.93 Å². The molecule has 186 valence electrons. The second kappa shape index (κ2) is 11.3. The normalized spacial score (nSPS) is 14.9. The first-order valence-corrected chi connectivity index (χ1v) is 15.2. The van der Waals surface area contributed by atoms with Gasteiger partial charge in [0, 0.05) is 12.6 Å². The Morgan fingerprint density at radius 2 is 1.38 bits per heavy atom. The molecule has 34 heavy (non-hydrogen) atoms. The van der Waals surface area contributed by atoms with E-state index in [0.29, 0.717) is 13.0 Å². The zero-order chi connectivity index (χ0) is 25.6. The molecule has 0 radical (unpaired) electrons. The van der Waals surface area contributed by atoms with E-state index in [1.54, 1.807) is 0 Å². The van der Waals surface area contributed by atoms with Crippen molar-refractivity contribution in [2.45, 2.75) is 84.1 Å². The predicted octanol–water partition coefficient (Wildman–Crippen LogP) is 5.31. The van der Waals surface area contributed by atoms with Crippen molar-refractivity contribution in [2.24, 2.45) is 5.41 Å². The maximum absolute atomic E-state index is 12.8. The van der Waals surface area contributed by atoms with Crippen molar-refractivity contribution < 1.29 is 8.63 Å². The van der Waals surface area contributed by atoms with Gasteiger partial charge in [0.2, 0.25) is 0 Å². The van der Waals surface area contributed by atoms with E-state index in [-0.39, 0.29) is 11.1 Å². The number of nitrogens with zero attached hydrogens (tertiary/aromatic N) is 1. The van der Waals surface area contributed by atoms with Crippen molar-refractivity contribution >= 4 is 29.7 Å². The third-order valence-corrected chi connectivity index (χ3v) is 13.0. The van der Waals surface area contributed by atoms with E-state index in [2.05, 4.69) is 80.1 Å². The Balaban J connectivity index is 2.30. The summed E-state index contributed by atoms with van der Waals surface area (Å²) in [5, 5.41) is 12.2. The Morgan fingerprint density at radius 1 is 0.912 bits per heavy atom. The molecule has 1 unspecified atom stereocenters. The van der Waals surface area contributed by atoms with Crippen LogP contribution in [0.1, 0.15) is 68.2 Å². The van der Waals surface area contributed by atoms with Crippen molar-refractivity contribution in [3.05, 3.63) is 60.7 Å². The van der Waals surface area contributed by atoms with Crippen LogP contribution in [0.3, 0.4) is 0 Å². The second-order valence-electron chi connectivity index (χ2n) is 11.5. The molecule has 0 aromatic heterocycles. The van der Waals surface area contributed by atoms with Crippen molar-refractivity contribution in [3.8, 4) is 6.07 Å². The molecule has 2 rings (SSSR count). The van der Waals surface area contributed by atoms with Gasteiger partial charge in [0.1, 0.15) is 0 Å². The fraction of sp³-hybridized carbons (Fsp3) is 0.536. The molecule has 0 aliphatic rings. The summed E-state index contributed by atoms with van der Waals surface area (Å²) < 4.78 is 22.6. The van der Waals surface area contributed by atoms with Gasteiger partial charge in [-0.15, -0.1) is 0 Å². The molecule has 2 aromatic carbocycles. The van der Waals surface area contributed by atoms with Gasteiger partial charge in [-0.2, -0.15) is 5.26 Å². The Morgan fingerprint density at radius 3 is 1.76 bits per heavy atom. The zero-order valence-electron chi connectivity index (χ0n) is 22.1. The van der Waals surface area contributed by atoms with Gasteiger partial charge in [-0.1, -0.05) is 81.4 Å². The largest absolute Gasteiger partial charge is 0.407 e. The summed E-state index contributed by atoms with van der Waals surface area (Å²) in [5.41, 5.74) is -0.641. The van der Waals surface area contributed by atoms with Crippen LogP contribution in [-0.2, 0) is 15.4 Å². The van der Waals surface area contributed by atoms with Gasteiger partial charge < -0.3 is 4.43 Å². The van der Waals surface area contributed by atoms with E-state index in [1.165, 1.54) is 10.4 Å². The van der Waals surface area contributed by atoms with Crippen molar-refractivity contribution in [1.82, 2.24) is 4.72 Å². The molecule has 0 amide bonds. The van der Waals surface area contributed by atoms with Crippen LogP contribution in [-0.4, -0.2) is 29.9 Å². The minimum atomic E-state index is -2.58. The molecule has 0 saturated carbocycles. The van der Waals surface area contributed by atoms with Crippen LogP contribution in [0, 0.1) is 16.7 Å². The Bertz CT molecular complexity index is 934. The molecule has 1 N–H and O–H groups in total. The molecule has 6 heteroatoms. The summed E-state index contributed by atoms with van der Waals surface area (Å²) >= 11 is 0. The average Bonchev–Trinajstić information content (AvgIpc) is 2.77. The lowest BCUT2D eigenvalue weighted by molar-refractivity contribution is 0.261. The highest BCUT2D eigenvalue weighted by molar-refractivity contribution is 7.84. The molecule has 0 bridgehead atoms. The Kier molecular flexibility index (Phi) is 9.46. The molecule has 0 heterocycles. The minimum Gasteiger partial charge on any atom is -0.407 e. The lowest BCUT2D eigenvalue weighted by atomic mass is 9.84. The van der Waals surface area contributed by atoms with Crippen molar-refractivity contribution in [2.75, 3.05) is 6.61 Å². The van der Waals surface area contributed by atoms with Gasteiger partial charge in [0.25, 0.3) is 8.32 Å². The average molecular weight is 499 g/mol. The summed E-state index contributed by atoms with van der Waals surface area (Å²) in [6.07, 6.45) is 1.48. The van der Waals surface area contributed by atoms with Crippen LogP contribution < -0.4 is 15.1 Å². The highest BCUT2D eigenvalue weighted by atomic mass is 32.2. The van der Waals surface area contributed by atoms with Crippen LogP contribution in [0.5, 0.6) is 0 Å². The first kappa shape index (κ1) is 28.5. The fourth-order valence-electron chi connectivity index (χ4n) is 4.23. The maximum atomic E-state index is 12.8. The SMILES string of the molecule is CC(C)(C#N)[C@@H](CCCO[Si](c1ccccc1)(c1ccccc1)C(C)(C)C)NS(=O)C(C)(C)C. The quantitative estimate of drug-likeness (QED) is 0.356. The van der Waals surface area contributed by atoms with Crippen molar-refractivity contribution in [1.29, 1.82) is 5.26 Å². The zero-order valence-corrected chi connectivity index (χ0v) is 24.0. The molecule has 0 saturated heterocycles. The number of nitriles is 1. The van der Waals surface area contributed by atoms with E-state index < -0.39 is 29.5 Å². The molecule has 0 fully saturated rings. The number of nitrogens with one attached hydrogen (secondary N) is 1. The Labute approximate surface area is 210 Å². The first-order valence-electron chi connectivity index (χ1n) is 12.1. The minimum absolute atomic E-state index is 0.0764. The summed E-state index contributed by atoms with van der Waals surface area (Å²) in [4.78, 5) is 0. The van der Waals surface area contributed by atoms with Crippen LogP contribution in [0.15, 0.2) is 60.7 Å². The van der Waals surface area contributed by atoms with Crippen LogP contribution >= 0.6 is 0 Å². The van der Waals surface area contributed by atoms with Crippen LogP contribution in [0.2, 0.25) is 5.04 Å². The first-order chi connectivity index (χ1) is 15.8. The summed E-state index contributed by atoms with van der Waals surface area (Å²) in [6.45, 7) is 17.0. The third kappa shape index (κ3) is 6.66. The van der Waals surface area contributed by atoms with E-state index >= 15 is 0 Å². The highest BCUT2D eigenvalue weighted by Crippen LogP contribution is 2.37. The van der Waals surface area contributed by atoms with Crippen molar-refractivity contribution in [3.63, 3.8) is 0 Å². The number of benzene rings is 2. The molecule has 0 aliphatic carbocycles. The van der Waals surface area contributed by atoms with Gasteiger partial charge in [-0.05, 0) is 62.9 Å². The fourth-order valence-corrected chi connectivity index (χ4v) is 9.86. The molecule has 4 nitrogen and oxygen atoms in total. The highest BCUT2D eigenvalue weighted by Gasteiger charge is 2.50. The van der Waals surface area contributed by atoms with Gasteiger partial charge in [-0.3, -0.25) is 0 Å². The second-order valence-corrected chi connectivity index (χ2v) is 17.8. The number of hydrogen-bond acceptors (Lipinski definition) is 3. The van der Waals surface area contributed by atoms with E-state index in [4.69, 9.17) is 4.43 Å². The van der Waals surface area contributed by atoms with E-state index in [0.717, 1.165) is 6.42 Å². The molecular formula is C28H42N2O2SSi. The molecule has 0 spiro atoms.